The Morgan fingerprint density at radius 1 is 0.577 bits per heavy atom. The highest BCUT2D eigenvalue weighted by Gasteiger charge is 2.18. The molecule has 0 saturated heterocycles. The van der Waals surface area contributed by atoms with Crippen LogP contribution >= 0.6 is 0 Å². The number of nitrogens with zero attached hydrogens (tertiary/aromatic N) is 1. The number of para-hydroxylation sites is 1. The molecule has 0 bridgehead atoms. The largest absolute Gasteiger partial charge is 0.337 e. The molecule has 0 N–H and O–H groups in total. The Morgan fingerprint density at radius 3 is 2.19 bits per heavy atom. The van der Waals surface area contributed by atoms with Gasteiger partial charge in [0.1, 0.15) is 0 Å². The number of rotatable bonds is 1. The highest BCUT2D eigenvalue weighted by atomic mass is 15.1. The Balaban J connectivity index is 1.71. The highest BCUT2D eigenvalue weighted by Crippen LogP contribution is 2.42. The molecule has 0 fully saturated rings. The monoisotopic (exact) mass is 331 g/mol. The number of hydrogen-bond acceptors (Lipinski definition) is 1. The fourth-order valence-electron chi connectivity index (χ4n) is 4.44. The van der Waals surface area contributed by atoms with Gasteiger partial charge in [0.05, 0.1) is 0 Å². The van der Waals surface area contributed by atoms with E-state index in [1.54, 1.807) is 0 Å². The number of fused-ring (bicyclic) bond motifs is 1. The van der Waals surface area contributed by atoms with E-state index in [0.717, 1.165) is 6.54 Å². The van der Waals surface area contributed by atoms with Crippen LogP contribution in [0, 0.1) is 0 Å². The summed E-state index contributed by atoms with van der Waals surface area (Å²) >= 11 is 0. The molecule has 26 heavy (non-hydrogen) atoms. The van der Waals surface area contributed by atoms with Crippen LogP contribution in [-0.2, 0) is 0 Å². The third kappa shape index (κ3) is 1.80. The molecule has 6 rings (SSSR count). The van der Waals surface area contributed by atoms with Gasteiger partial charge in [0.2, 0.25) is 0 Å². The molecule has 1 heterocycles. The predicted octanol–water partition coefficient (Wildman–Crippen LogP) is 6.75. The minimum atomic E-state index is 0.904. The summed E-state index contributed by atoms with van der Waals surface area (Å²) in [5.41, 5.74) is 3.85. The highest BCUT2D eigenvalue weighted by molar-refractivity contribution is 6.25. The van der Waals surface area contributed by atoms with Crippen LogP contribution in [0.15, 0.2) is 84.9 Å². The summed E-state index contributed by atoms with van der Waals surface area (Å²) in [6.07, 6.45) is 4.47. The van der Waals surface area contributed by atoms with Crippen molar-refractivity contribution in [1.29, 1.82) is 0 Å². The molecular formula is C25H17N. The van der Waals surface area contributed by atoms with Gasteiger partial charge in [0, 0.05) is 23.3 Å². The maximum absolute atomic E-state index is 2.43. The van der Waals surface area contributed by atoms with Gasteiger partial charge in [-0.1, -0.05) is 78.9 Å². The molecule has 0 amide bonds. The van der Waals surface area contributed by atoms with Gasteiger partial charge in [-0.15, -0.1) is 0 Å². The van der Waals surface area contributed by atoms with Crippen molar-refractivity contribution in [3.05, 3.63) is 90.5 Å². The van der Waals surface area contributed by atoms with Crippen molar-refractivity contribution in [3.63, 3.8) is 0 Å². The first kappa shape index (κ1) is 13.9. The SMILES string of the molecule is C1=Cc2ccccc2N(c2ccc3ccc4cccc5ccc2c3c45)C1. The summed E-state index contributed by atoms with van der Waals surface area (Å²) in [6, 6.07) is 28.8. The smallest absolute Gasteiger partial charge is 0.0494 e. The van der Waals surface area contributed by atoms with Crippen LogP contribution in [0.4, 0.5) is 11.4 Å². The Morgan fingerprint density at radius 2 is 1.31 bits per heavy atom. The minimum Gasteiger partial charge on any atom is -0.337 e. The summed E-state index contributed by atoms with van der Waals surface area (Å²) < 4.78 is 0. The van der Waals surface area contributed by atoms with Crippen LogP contribution in [-0.4, -0.2) is 6.54 Å². The van der Waals surface area contributed by atoms with Crippen LogP contribution < -0.4 is 4.90 Å². The molecule has 0 aromatic heterocycles. The lowest BCUT2D eigenvalue weighted by molar-refractivity contribution is 1.09. The molecule has 0 spiro atoms. The van der Waals surface area contributed by atoms with E-state index in [2.05, 4.69) is 95.9 Å². The molecule has 0 unspecified atom stereocenters. The van der Waals surface area contributed by atoms with Gasteiger partial charge in [-0.25, -0.2) is 0 Å². The molecule has 0 atom stereocenters. The molecule has 5 aromatic carbocycles. The molecule has 0 saturated carbocycles. The normalized spacial score (nSPS) is 13.8. The van der Waals surface area contributed by atoms with Crippen molar-refractivity contribution >= 4 is 49.8 Å². The number of hydrogen-bond donors (Lipinski definition) is 0. The van der Waals surface area contributed by atoms with Gasteiger partial charge < -0.3 is 4.90 Å². The van der Waals surface area contributed by atoms with Gasteiger partial charge in [-0.3, -0.25) is 0 Å². The second kappa shape index (κ2) is 5.09. The van der Waals surface area contributed by atoms with Gasteiger partial charge in [-0.05, 0) is 44.6 Å². The van der Waals surface area contributed by atoms with E-state index in [-0.39, 0.29) is 0 Å². The average Bonchev–Trinajstić information content (AvgIpc) is 2.71. The van der Waals surface area contributed by atoms with E-state index in [9.17, 15) is 0 Å². The maximum atomic E-state index is 2.43. The van der Waals surface area contributed by atoms with E-state index in [1.165, 1.54) is 49.3 Å². The second-order valence-electron chi connectivity index (χ2n) is 7.01. The second-order valence-corrected chi connectivity index (χ2v) is 7.01. The number of anilines is 2. The first-order valence-corrected chi connectivity index (χ1v) is 9.10. The average molecular weight is 331 g/mol. The van der Waals surface area contributed by atoms with E-state index in [4.69, 9.17) is 0 Å². The summed E-state index contributed by atoms with van der Waals surface area (Å²) in [7, 11) is 0. The Hall–Kier alpha value is -3.32. The topological polar surface area (TPSA) is 3.24 Å². The molecule has 1 aliphatic heterocycles. The molecule has 0 radical (unpaired) electrons. The van der Waals surface area contributed by atoms with E-state index in [0.29, 0.717) is 0 Å². The number of benzene rings is 5. The van der Waals surface area contributed by atoms with Crippen molar-refractivity contribution in [3.8, 4) is 0 Å². The molecule has 122 valence electrons. The first-order valence-electron chi connectivity index (χ1n) is 9.10. The third-order valence-corrected chi connectivity index (χ3v) is 5.61. The third-order valence-electron chi connectivity index (χ3n) is 5.61. The summed E-state index contributed by atoms with van der Waals surface area (Å²) in [4.78, 5) is 2.43. The van der Waals surface area contributed by atoms with E-state index >= 15 is 0 Å². The summed E-state index contributed by atoms with van der Waals surface area (Å²) in [6.45, 7) is 0.904. The van der Waals surface area contributed by atoms with Crippen LogP contribution in [0.5, 0.6) is 0 Å². The lowest BCUT2D eigenvalue weighted by Gasteiger charge is -2.30. The van der Waals surface area contributed by atoms with E-state index < -0.39 is 0 Å². The maximum Gasteiger partial charge on any atom is 0.0494 e. The summed E-state index contributed by atoms with van der Waals surface area (Å²) in [5, 5.41) is 8.04. The lowest BCUT2D eigenvalue weighted by atomic mass is 9.93. The Bertz CT molecular complexity index is 1300. The molecule has 5 aromatic rings. The van der Waals surface area contributed by atoms with Crippen molar-refractivity contribution in [2.45, 2.75) is 0 Å². The van der Waals surface area contributed by atoms with Gasteiger partial charge in [-0.2, -0.15) is 0 Å². The van der Waals surface area contributed by atoms with Gasteiger partial charge >= 0.3 is 0 Å². The molecule has 1 heteroatoms. The zero-order valence-electron chi connectivity index (χ0n) is 14.3. The van der Waals surface area contributed by atoms with Crippen molar-refractivity contribution in [2.75, 3.05) is 11.4 Å². The van der Waals surface area contributed by atoms with Crippen LogP contribution in [0.2, 0.25) is 0 Å². The minimum absolute atomic E-state index is 0.904. The fraction of sp³-hybridized carbons (Fsp3) is 0.0400. The van der Waals surface area contributed by atoms with Gasteiger partial charge in [0.25, 0.3) is 0 Å². The standard InChI is InChI=1S/C25H17N/c1-2-9-22-17(5-1)8-4-16-26(22)23-15-13-20-11-10-18-6-3-7-19-12-14-21(23)25(20)24(18)19/h1-15H,16H2. The molecule has 1 aliphatic rings. The zero-order valence-corrected chi connectivity index (χ0v) is 14.3. The Kier molecular flexibility index (Phi) is 2.72. The molecule has 0 aliphatic carbocycles. The summed E-state index contributed by atoms with van der Waals surface area (Å²) in [5.74, 6) is 0. The predicted molar refractivity (Wildman–Crippen MR) is 113 cm³/mol. The zero-order chi connectivity index (χ0) is 17.1. The fourth-order valence-corrected chi connectivity index (χ4v) is 4.44. The lowest BCUT2D eigenvalue weighted by Crippen LogP contribution is -2.20. The first-order chi connectivity index (χ1) is 12.9. The van der Waals surface area contributed by atoms with E-state index in [1.807, 2.05) is 0 Å². The molecule has 1 nitrogen and oxygen atoms in total. The van der Waals surface area contributed by atoms with Gasteiger partial charge in [0.15, 0.2) is 0 Å². The van der Waals surface area contributed by atoms with Crippen molar-refractivity contribution in [1.82, 2.24) is 0 Å². The Labute approximate surface area is 152 Å². The molecular weight excluding hydrogens is 314 g/mol. The van der Waals surface area contributed by atoms with Crippen LogP contribution in [0.3, 0.4) is 0 Å². The van der Waals surface area contributed by atoms with Crippen LogP contribution in [0.1, 0.15) is 5.56 Å². The van der Waals surface area contributed by atoms with Crippen molar-refractivity contribution in [2.24, 2.45) is 0 Å². The van der Waals surface area contributed by atoms with Crippen LogP contribution in [0.25, 0.3) is 38.4 Å². The quantitative estimate of drug-likeness (QED) is 0.307. The van der Waals surface area contributed by atoms with Crippen molar-refractivity contribution < 1.29 is 0 Å².